The quantitative estimate of drug-likeness (QED) is 0.147. The zero-order valence-electron chi connectivity index (χ0n) is 35.3. The van der Waals surface area contributed by atoms with E-state index in [1.54, 1.807) is 6.20 Å². The summed E-state index contributed by atoms with van der Waals surface area (Å²) in [5.74, 6) is 2.32. The van der Waals surface area contributed by atoms with E-state index < -0.39 is 0 Å². The molecule has 322 valence electrons. The molecule has 0 atom stereocenters. The minimum absolute atomic E-state index is 0. The van der Waals surface area contributed by atoms with Crippen LogP contribution >= 0.6 is 0 Å². The first-order valence-corrected chi connectivity index (χ1v) is 21.7. The SMILES string of the molecule is [Pt].[c-]1c(N2C=CN(c3c(-c4ccccc4)cccc3-c3ccccc3)[CH-]2)cc2c(oc3c2ccc2c4ccccc4oc23)c1Oc1[c-]c2c(cc1)n1c3ccccc3nc1n2-c1ccccn1. The van der Waals surface area contributed by atoms with Crippen molar-refractivity contribution in [1.29, 1.82) is 0 Å². The van der Waals surface area contributed by atoms with Crippen LogP contribution in [0.3, 0.4) is 0 Å². The van der Waals surface area contributed by atoms with Crippen LogP contribution in [0.2, 0.25) is 0 Å². The van der Waals surface area contributed by atoms with Gasteiger partial charge in [-0.1, -0.05) is 127 Å². The number of aromatic nitrogens is 4. The summed E-state index contributed by atoms with van der Waals surface area (Å²) in [7, 11) is 0. The van der Waals surface area contributed by atoms with E-state index in [-0.39, 0.29) is 21.1 Å². The van der Waals surface area contributed by atoms with Crippen molar-refractivity contribution in [3.8, 4) is 39.6 Å². The first-order valence-electron chi connectivity index (χ1n) is 21.7. The Morgan fingerprint density at radius 2 is 1.25 bits per heavy atom. The number of ether oxygens (including phenoxy) is 1. The number of fused-ring (bicyclic) bond motifs is 12. The molecule has 6 heterocycles. The molecule has 0 radical (unpaired) electrons. The van der Waals surface area contributed by atoms with E-state index in [0.717, 1.165) is 94.4 Å². The van der Waals surface area contributed by atoms with Gasteiger partial charge in [-0.25, -0.2) is 9.97 Å². The van der Waals surface area contributed by atoms with Crippen LogP contribution in [0.25, 0.3) is 99.8 Å². The third-order valence-electron chi connectivity index (χ3n) is 12.5. The molecule has 0 fully saturated rings. The van der Waals surface area contributed by atoms with Crippen LogP contribution in [-0.2, 0) is 21.1 Å². The summed E-state index contributed by atoms with van der Waals surface area (Å²) in [6, 6.07) is 67.1. The molecule has 67 heavy (non-hydrogen) atoms. The van der Waals surface area contributed by atoms with E-state index in [2.05, 4.69) is 142 Å². The van der Waals surface area contributed by atoms with Gasteiger partial charge in [0.05, 0.1) is 22.4 Å². The molecule has 0 unspecified atom stereocenters. The second kappa shape index (κ2) is 15.4. The molecule has 0 aliphatic carbocycles. The Bertz CT molecular complexity index is 4020. The average molecular weight is 1050 g/mol. The van der Waals surface area contributed by atoms with Crippen molar-refractivity contribution in [3.05, 3.63) is 213 Å². The van der Waals surface area contributed by atoms with Crippen LogP contribution in [0.4, 0.5) is 11.4 Å². The number of para-hydroxylation sites is 4. The maximum absolute atomic E-state index is 6.94. The van der Waals surface area contributed by atoms with Crippen molar-refractivity contribution in [1.82, 2.24) is 18.9 Å². The Kier molecular flexibility index (Phi) is 8.95. The molecule has 14 rings (SSSR count). The van der Waals surface area contributed by atoms with Crippen LogP contribution in [0.5, 0.6) is 11.5 Å². The smallest absolute Gasteiger partial charge is 0.208 e. The van der Waals surface area contributed by atoms with E-state index in [1.165, 1.54) is 0 Å². The number of rotatable bonds is 7. The molecule has 13 aromatic rings. The zero-order chi connectivity index (χ0) is 43.3. The molecule has 0 saturated heterocycles. The summed E-state index contributed by atoms with van der Waals surface area (Å²) >= 11 is 0. The van der Waals surface area contributed by atoms with Gasteiger partial charge in [-0.2, -0.15) is 0 Å². The summed E-state index contributed by atoms with van der Waals surface area (Å²) in [5.41, 5.74) is 12.5. The van der Waals surface area contributed by atoms with Crippen molar-refractivity contribution < 1.29 is 34.6 Å². The molecule has 1 aliphatic heterocycles. The van der Waals surface area contributed by atoms with Gasteiger partial charge < -0.3 is 27.8 Å². The Labute approximate surface area is 397 Å². The fraction of sp³-hybridized carbons (Fsp3) is 0. The van der Waals surface area contributed by atoms with E-state index in [9.17, 15) is 0 Å². The van der Waals surface area contributed by atoms with Gasteiger partial charge >= 0.3 is 0 Å². The first kappa shape index (κ1) is 39.0. The van der Waals surface area contributed by atoms with Crippen molar-refractivity contribution in [2.24, 2.45) is 0 Å². The third-order valence-corrected chi connectivity index (χ3v) is 12.5. The molecule has 9 nitrogen and oxygen atoms in total. The molecular weight excluding hydrogens is 1010 g/mol. The maximum Gasteiger partial charge on any atom is 0.208 e. The van der Waals surface area contributed by atoms with Crippen LogP contribution in [0.1, 0.15) is 0 Å². The van der Waals surface area contributed by atoms with Crippen LogP contribution in [0.15, 0.2) is 203 Å². The maximum atomic E-state index is 6.94. The minimum Gasteiger partial charge on any atom is -0.509 e. The summed E-state index contributed by atoms with van der Waals surface area (Å²) < 4.78 is 24.4. The van der Waals surface area contributed by atoms with E-state index in [4.69, 9.17) is 23.5 Å². The third kappa shape index (κ3) is 6.12. The number of anilines is 2. The van der Waals surface area contributed by atoms with Crippen LogP contribution in [0, 0.1) is 18.8 Å². The van der Waals surface area contributed by atoms with Gasteiger partial charge in [0, 0.05) is 66.0 Å². The van der Waals surface area contributed by atoms with E-state index >= 15 is 0 Å². The van der Waals surface area contributed by atoms with Crippen molar-refractivity contribution in [2.75, 3.05) is 9.80 Å². The predicted octanol–water partition coefficient (Wildman–Crippen LogP) is 14.3. The molecule has 5 aromatic heterocycles. The molecule has 1 aliphatic rings. The number of nitrogens with zero attached hydrogens (tertiary/aromatic N) is 6. The summed E-state index contributed by atoms with van der Waals surface area (Å²) in [6.07, 6.45) is 5.92. The number of imidazole rings is 2. The van der Waals surface area contributed by atoms with Crippen molar-refractivity contribution in [3.63, 3.8) is 0 Å². The molecule has 0 bridgehead atoms. The number of hydrogen-bond donors (Lipinski definition) is 0. The number of furan rings is 2. The normalized spacial score (nSPS) is 12.8. The second-order valence-corrected chi connectivity index (χ2v) is 16.3. The Morgan fingerprint density at radius 1 is 0.552 bits per heavy atom. The molecule has 0 spiro atoms. The van der Waals surface area contributed by atoms with Gasteiger partial charge in [0.25, 0.3) is 0 Å². The molecule has 0 amide bonds. The molecular formula is C57H33N6O3Pt-3. The molecule has 0 N–H and O–H groups in total. The minimum atomic E-state index is 0. The Balaban J connectivity index is 0.00000446. The van der Waals surface area contributed by atoms with Crippen LogP contribution in [-0.4, -0.2) is 18.9 Å². The summed E-state index contributed by atoms with van der Waals surface area (Å²) in [5, 5.41) is 3.76. The largest absolute Gasteiger partial charge is 0.509 e. The molecule has 8 aromatic carbocycles. The number of pyridine rings is 1. The second-order valence-electron chi connectivity index (χ2n) is 16.3. The van der Waals surface area contributed by atoms with Crippen molar-refractivity contribution in [2.45, 2.75) is 0 Å². The van der Waals surface area contributed by atoms with Gasteiger partial charge in [-0.15, -0.1) is 42.7 Å². The monoisotopic (exact) mass is 1040 g/mol. The van der Waals surface area contributed by atoms with Gasteiger partial charge in [0.15, 0.2) is 11.2 Å². The van der Waals surface area contributed by atoms with Gasteiger partial charge in [-0.05, 0) is 71.0 Å². The van der Waals surface area contributed by atoms with Crippen LogP contribution < -0.4 is 14.5 Å². The standard InChI is InChI=1S/C57H33N6O3.Pt/c1-3-14-36(15-4-1)40-19-13-20-41(37-16-5-2-6-17-37)53(40)61-31-30-60(35-61)38-32-45-44-27-26-43-42-18-7-10-23-50(42)65-55(43)56(44)66-54(45)51(33-38)64-39-25-28-48-49(34-39)63(52-24-11-12-29-58-52)57-59-46-21-8-9-22-47(46)62(48)57;/h1-32,35H;/q-3;. The molecule has 0 saturated carbocycles. The Morgan fingerprint density at radius 3 is 2.04 bits per heavy atom. The number of hydrogen-bond acceptors (Lipinski definition) is 7. The van der Waals surface area contributed by atoms with E-state index in [0.29, 0.717) is 28.2 Å². The average Bonchev–Trinajstić information content (AvgIpc) is 4.22. The summed E-state index contributed by atoms with van der Waals surface area (Å²) in [4.78, 5) is 14.0. The summed E-state index contributed by atoms with van der Waals surface area (Å²) in [6.45, 7) is 2.09. The fourth-order valence-electron chi connectivity index (χ4n) is 9.56. The Hall–Kier alpha value is -8.39. The first-order chi connectivity index (χ1) is 32.7. The zero-order valence-corrected chi connectivity index (χ0v) is 37.5. The predicted molar refractivity (Wildman–Crippen MR) is 262 cm³/mol. The topological polar surface area (TPSA) is 77.1 Å². The number of benzene rings is 8. The fourth-order valence-corrected chi connectivity index (χ4v) is 9.56. The van der Waals surface area contributed by atoms with Crippen molar-refractivity contribution >= 4 is 83.1 Å². The van der Waals surface area contributed by atoms with Gasteiger partial charge in [0.1, 0.15) is 11.4 Å². The van der Waals surface area contributed by atoms with Gasteiger partial charge in [0.2, 0.25) is 5.78 Å². The van der Waals surface area contributed by atoms with E-state index in [1.807, 2.05) is 83.4 Å². The van der Waals surface area contributed by atoms with Gasteiger partial charge in [-0.3, -0.25) is 4.57 Å². The molecule has 10 heteroatoms.